The lowest BCUT2D eigenvalue weighted by molar-refractivity contribution is -0.118. The molecular weight excluding hydrogens is 474 g/mol. The molecule has 3 amide bonds. The minimum atomic E-state index is -0.829. The van der Waals surface area contributed by atoms with E-state index < -0.39 is 12.0 Å². The van der Waals surface area contributed by atoms with E-state index in [0.717, 1.165) is 22.2 Å². The van der Waals surface area contributed by atoms with Gasteiger partial charge in [-0.25, -0.2) is 14.7 Å². The molecule has 0 saturated heterocycles. The average molecular weight is 494 g/mol. The number of methoxy groups -OCH3 is 1. The van der Waals surface area contributed by atoms with Crippen molar-refractivity contribution in [2.75, 3.05) is 24.4 Å². The van der Waals surface area contributed by atoms with Gasteiger partial charge in [-0.3, -0.25) is 14.9 Å². The maximum Gasteiger partial charge on any atom is 0.413 e. The normalized spacial score (nSPS) is 14.5. The molecular formula is C21H20ClN3O5S2. The van der Waals surface area contributed by atoms with Crippen LogP contribution in [0.5, 0.6) is 5.75 Å². The molecule has 2 heterocycles. The first-order chi connectivity index (χ1) is 15.3. The second-order valence-electron chi connectivity index (χ2n) is 6.41. The number of halogens is 1. The van der Waals surface area contributed by atoms with E-state index in [1.165, 1.54) is 23.3 Å². The van der Waals surface area contributed by atoms with Gasteiger partial charge in [0.05, 0.1) is 25.2 Å². The van der Waals surface area contributed by atoms with Crippen LogP contribution in [0.4, 0.5) is 10.5 Å². The zero-order valence-electron chi connectivity index (χ0n) is 17.5. The van der Waals surface area contributed by atoms with Gasteiger partial charge in [0, 0.05) is 9.90 Å². The summed E-state index contributed by atoms with van der Waals surface area (Å²) >= 11 is 8.66. The summed E-state index contributed by atoms with van der Waals surface area (Å²) in [4.78, 5) is 43.6. The van der Waals surface area contributed by atoms with Crippen molar-refractivity contribution in [3.05, 3.63) is 50.8 Å². The number of aryl methyl sites for hydroxylation is 1. The molecule has 1 aromatic heterocycles. The number of hydrogen-bond donors (Lipinski definition) is 1. The lowest BCUT2D eigenvalue weighted by Crippen LogP contribution is -2.35. The van der Waals surface area contributed by atoms with Crippen molar-refractivity contribution in [1.82, 2.24) is 5.32 Å². The number of aliphatic imine (C=N–C) groups is 1. The monoisotopic (exact) mass is 493 g/mol. The third-order valence-corrected chi connectivity index (χ3v) is 6.37. The molecule has 0 fully saturated rings. The highest BCUT2D eigenvalue weighted by atomic mass is 35.5. The van der Waals surface area contributed by atoms with Gasteiger partial charge in [0.15, 0.2) is 5.17 Å². The fourth-order valence-corrected chi connectivity index (χ4v) is 4.57. The number of carbonyl (C=O) groups is 3. The molecule has 0 saturated carbocycles. The van der Waals surface area contributed by atoms with Crippen molar-refractivity contribution in [2.45, 2.75) is 13.8 Å². The number of hydrogen-bond acceptors (Lipinski definition) is 8. The maximum absolute atomic E-state index is 13.3. The number of imide groups is 1. The van der Waals surface area contributed by atoms with E-state index >= 15 is 0 Å². The summed E-state index contributed by atoms with van der Waals surface area (Å²) in [6.45, 7) is 3.72. The Morgan fingerprint density at radius 2 is 2.12 bits per heavy atom. The van der Waals surface area contributed by atoms with E-state index in [-0.39, 0.29) is 29.1 Å². The standard InChI is InChI=1S/C21H20ClN3O5S2/c1-4-30-21(28)24-18(26)11-32-20-23-14(10-17-12(2)7-8-31-17)19(27)25(20)15-9-13(22)5-6-16(15)29-3/h5-10H,4,11H2,1-3H3,(H,24,26,28)/b14-10+. The average Bonchev–Trinajstić information content (AvgIpc) is 3.29. The van der Waals surface area contributed by atoms with Crippen molar-refractivity contribution in [3.8, 4) is 5.75 Å². The SMILES string of the molecule is CCOC(=O)NC(=O)CSC1=N/C(=C/c2sccc2C)C(=O)N1c1cc(Cl)ccc1OC. The van der Waals surface area contributed by atoms with Gasteiger partial charge in [-0.15, -0.1) is 11.3 Å². The molecule has 168 valence electrons. The molecule has 0 spiro atoms. The fourth-order valence-electron chi connectivity index (χ4n) is 2.75. The summed E-state index contributed by atoms with van der Waals surface area (Å²) in [6.07, 6.45) is 0.878. The van der Waals surface area contributed by atoms with Gasteiger partial charge in [0.25, 0.3) is 5.91 Å². The zero-order chi connectivity index (χ0) is 23.3. The van der Waals surface area contributed by atoms with Crippen LogP contribution in [0, 0.1) is 6.92 Å². The van der Waals surface area contributed by atoms with Crippen LogP contribution in [0.3, 0.4) is 0 Å². The number of nitrogens with one attached hydrogen (secondary N) is 1. The molecule has 3 rings (SSSR count). The minimum Gasteiger partial charge on any atom is -0.495 e. The zero-order valence-corrected chi connectivity index (χ0v) is 19.9. The van der Waals surface area contributed by atoms with Crippen molar-refractivity contribution in [3.63, 3.8) is 0 Å². The second-order valence-corrected chi connectivity index (χ2v) is 8.73. The molecule has 11 heteroatoms. The Morgan fingerprint density at radius 1 is 1.34 bits per heavy atom. The van der Waals surface area contributed by atoms with E-state index in [4.69, 9.17) is 21.1 Å². The molecule has 0 atom stereocenters. The Kier molecular flexibility index (Phi) is 7.94. The van der Waals surface area contributed by atoms with Crippen LogP contribution in [0.1, 0.15) is 17.4 Å². The van der Waals surface area contributed by atoms with Crippen molar-refractivity contribution in [1.29, 1.82) is 0 Å². The van der Waals surface area contributed by atoms with Crippen LogP contribution in [-0.4, -0.2) is 42.5 Å². The van der Waals surface area contributed by atoms with Crippen molar-refractivity contribution in [2.24, 2.45) is 4.99 Å². The predicted octanol–water partition coefficient (Wildman–Crippen LogP) is 4.47. The van der Waals surface area contributed by atoms with Gasteiger partial charge < -0.3 is 9.47 Å². The molecule has 0 radical (unpaired) electrons. The number of alkyl carbamates (subject to hydrolysis) is 1. The Hall–Kier alpha value is -2.82. The third-order valence-electron chi connectivity index (χ3n) is 4.23. The van der Waals surface area contributed by atoms with Crippen molar-refractivity contribution < 1.29 is 23.9 Å². The van der Waals surface area contributed by atoms with Gasteiger partial charge >= 0.3 is 6.09 Å². The predicted molar refractivity (Wildman–Crippen MR) is 128 cm³/mol. The van der Waals surface area contributed by atoms with Gasteiger partial charge in [-0.1, -0.05) is 23.4 Å². The van der Waals surface area contributed by atoms with Gasteiger partial charge in [-0.05, 0) is 55.1 Å². The number of amidine groups is 1. The van der Waals surface area contributed by atoms with E-state index in [9.17, 15) is 14.4 Å². The van der Waals surface area contributed by atoms with Gasteiger partial charge in [0.2, 0.25) is 5.91 Å². The molecule has 1 aliphatic rings. The van der Waals surface area contributed by atoms with E-state index in [2.05, 4.69) is 10.3 Å². The fraction of sp³-hybridized carbons (Fsp3) is 0.238. The first-order valence-corrected chi connectivity index (χ1v) is 11.7. The molecule has 2 aromatic rings. The Bertz CT molecular complexity index is 1110. The molecule has 32 heavy (non-hydrogen) atoms. The number of rotatable bonds is 6. The molecule has 1 aliphatic heterocycles. The number of amides is 3. The number of nitrogens with zero attached hydrogens (tertiary/aromatic N) is 2. The summed E-state index contributed by atoms with van der Waals surface area (Å²) in [5.41, 5.74) is 1.63. The van der Waals surface area contributed by atoms with Crippen LogP contribution in [0.15, 0.2) is 40.3 Å². The molecule has 8 nitrogen and oxygen atoms in total. The number of thiophene rings is 1. The lowest BCUT2D eigenvalue weighted by atomic mass is 10.2. The third kappa shape index (κ3) is 5.50. The van der Waals surface area contributed by atoms with Crippen LogP contribution in [-0.2, 0) is 14.3 Å². The van der Waals surface area contributed by atoms with E-state index in [1.807, 2.05) is 18.4 Å². The number of anilines is 1. The lowest BCUT2D eigenvalue weighted by Gasteiger charge is -2.20. The summed E-state index contributed by atoms with van der Waals surface area (Å²) in [6, 6.07) is 6.83. The van der Waals surface area contributed by atoms with Crippen molar-refractivity contribution >= 4 is 69.5 Å². The van der Waals surface area contributed by atoms with Gasteiger partial charge in [-0.2, -0.15) is 0 Å². The number of thioether (sulfide) groups is 1. The molecule has 0 unspecified atom stereocenters. The highest BCUT2D eigenvalue weighted by Crippen LogP contribution is 2.37. The topological polar surface area (TPSA) is 97.3 Å². The van der Waals surface area contributed by atoms with E-state index in [0.29, 0.717) is 16.5 Å². The largest absolute Gasteiger partial charge is 0.495 e. The number of benzene rings is 1. The smallest absolute Gasteiger partial charge is 0.413 e. The van der Waals surface area contributed by atoms with Crippen LogP contribution in [0.25, 0.3) is 6.08 Å². The molecule has 0 aliphatic carbocycles. The number of ether oxygens (including phenoxy) is 2. The van der Waals surface area contributed by atoms with Crippen LogP contribution in [0.2, 0.25) is 5.02 Å². The van der Waals surface area contributed by atoms with E-state index in [1.54, 1.807) is 31.2 Å². The first kappa shape index (κ1) is 23.8. The highest BCUT2D eigenvalue weighted by Gasteiger charge is 2.34. The summed E-state index contributed by atoms with van der Waals surface area (Å²) in [5, 5.41) is 4.71. The minimum absolute atomic E-state index is 0.145. The van der Waals surface area contributed by atoms with Crippen LogP contribution >= 0.6 is 34.7 Å². The Morgan fingerprint density at radius 3 is 2.78 bits per heavy atom. The summed E-state index contributed by atoms with van der Waals surface area (Å²) in [5.74, 6) is -0.698. The maximum atomic E-state index is 13.3. The first-order valence-electron chi connectivity index (χ1n) is 9.46. The Balaban J connectivity index is 1.92. The summed E-state index contributed by atoms with van der Waals surface area (Å²) < 4.78 is 10.1. The van der Waals surface area contributed by atoms with Gasteiger partial charge in [0.1, 0.15) is 11.4 Å². The Labute approximate surface area is 198 Å². The molecule has 1 aromatic carbocycles. The molecule has 1 N–H and O–H groups in total. The quantitative estimate of drug-likeness (QED) is 0.596. The number of carbonyl (C=O) groups excluding carboxylic acids is 3. The molecule has 0 bridgehead atoms. The second kappa shape index (κ2) is 10.7. The van der Waals surface area contributed by atoms with Crippen LogP contribution < -0.4 is 15.0 Å². The summed E-state index contributed by atoms with van der Waals surface area (Å²) in [7, 11) is 1.48. The highest BCUT2D eigenvalue weighted by molar-refractivity contribution is 8.14.